The van der Waals surface area contributed by atoms with E-state index in [1.165, 1.54) is 11.0 Å². The molecule has 1 aromatic heterocycles. The summed E-state index contributed by atoms with van der Waals surface area (Å²) in [5, 5.41) is 7.85. The number of fused-ring (bicyclic) bond motifs is 6. The highest BCUT2D eigenvalue weighted by Gasteiger charge is 2.62. The molecule has 6 aliphatic rings. The van der Waals surface area contributed by atoms with E-state index >= 15 is 4.79 Å². The zero-order chi connectivity index (χ0) is 41.8. The molecule has 1 saturated heterocycles. The summed E-state index contributed by atoms with van der Waals surface area (Å²) < 4.78 is 46.8. The summed E-state index contributed by atoms with van der Waals surface area (Å²) in [6.45, 7) is 3.84. The van der Waals surface area contributed by atoms with Crippen molar-refractivity contribution in [1.29, 1.82) is 0 Å². The molecule has 2 aromatic carbocycles. The molecular formula is C45H55N5O9S. The molecular weight excluding hydrogens is 787 g/mol. The molecule has 14 nitrogen and oxygen atoms in total. The molecule has 0 unspecified atom stereocenters. The van der Waals surface area contributed by atoms with E-state index in [-0.39, 0.29) is 37.3 Å². The molecule has 0 spiro atoms. The monoisotopic (exact) mass is 841 g/mol. The first-order chi connectivity index (χ1) is 29.0. The quantitative estimate of drug-likeness (QED) is 0.191. The maximum Gasteiger partial charge on any atom is 0.408 e. The van der Waals surface area contributed by atoms with Crippen molar-refractivity contribution in [2.24, 2.45) is 17.8 Å². The SMILES string of the molecule is C=C[C@@H]1C[C@]1(NC(=O)[C@@H]1C[C@@H]2CN1C(=O)[C@H](C1CCCCC1)NC(=O)O[C@@H]1CCC[C@H]1CCCc1cc3c(nc4ccccc4c3cc1OC)O2)C(=O)NS(=O)(=O)C1CC1. The number of hydrogen-bond acceptors (Lipinski definition) is 10. The highest BCUT2D eigenvalue weighted by Crippen LogP contribution is 2.46. The van der Waals surface area contributed by atoms with Crippen molar-refractivity contribution in [2.45, 2.75) is 131 Å². The van der Waals surface area contributed by atoms with Crippen LogP contribution in [0.3, 0.4) is 0 Å². The highest BCUT2D eigenvalue weighted by atomic mass is 32.2. The highest BCUT2D eigenvalue weighted by molar-refractivity contribution is 7.91. The Morgan fingerprint density at radius 3 is 2.47 bits per heavy atom. The Bertz CT molecular complexity index is 2330. The summed E-state index contributed by atoms with van der Waals surface area (Å²) in [5.74, 6) is -1.26. The summed E-state index contributed by atoms with van der Waals surface area (Å²) >= 11 is 0. The first kappa shape index (κ1) is 40.5. The molecule has 15 heteroatoms. The van der Waals surface area contributed by atoms with Crippen molar-refractivity contribution in [3.8, 4) is 11.6 Å². The van der Waals surface area contributed by atoms with Crippen LogP contribution >= 0.6 is 0 Å². The van der Waals surface area contributed by atoms with E-state index in [0.29, 0.717) is 24.2 Å². The van der Waals surface area contributed by atoms with E-state index in [1.807, 2.05) is 30.3 Å². The number of nitrogens with one attached hydrogen (secondary N) is 3. The first-order valence-corrected chi connectivity index (χ1v) is 23.4. The van der Waals surface area contributed by atoms with Gasteiger partial charge in [0.15, 0.2) is 0 Å². The second-order valence-electron chi connectivity index (χ2n) is 17.9. The van der Waals surface area contributed by atoms with Crippen LogP contribution in [0.15, 0.2) is 49.1 Å². The van der Waals surface area contributed by atoms with E-state index < -0.39 is 68.7 Å². The number of carbonyl (C=O) groups excluding carboxylic acids is 4. The predicted molar refractivity (Wildman–Crippen MR) is 224 cm³/mol. The summed E-state index contributed by atoms with van der Waals surface area (Å²) in [4.78, 5) is 63.8. The standard InChI is InChI=1S/C45H55N5O9S/c1-3-29-24-45(29,43(53)49-60(55,56)31-19-20-31)48-40(51)36-22-30-25-50(36)42(52)39(27-11-5-4-6-12-27)47-44(54)59-37-18-10-14-26(37)13-9-15-28-21-34-33(23-38(28)57-2)32-16-7-8-17-35(32)46-41(34)58-30/h3,7-8,16-17,21,23,26-27,29-31,36-37,39H,1,4-6,9-15,18-20,22,24-25H2,2H3,(H,47,54)(H,48,51)(H,49,53)/t26-,29-,30-,36+,37-,39+,45-/m1/s1. The second kappa shape index (κ2) is 16.2. The fourth-order valence-corrected chi connectivity index (χ4v) is 11.8. The van der Waals surface area contributed by atoms with E-state index in [1.54, 1.807) is 7.11 Å². The normalized spacial score (nSPS) is 30.1. The molecule has 4 aliphatic carbocycles. The average molecular weight is 842 g/mol. The fraction of sp³-hybridized carbons (Fsp3) is 0.578. The van der Waals surface area contributed by atoms with Gasteiger partial charge in [0.1, 0.15) is 35.6 Å². The largest absolute Gasteiger partial charge is 0.496 e. The summed E-state index contributed by atoms with van der Waals surface area (Å²) in [5.41, 5.74) is 0.155. The number of pyridine rings is 1. The first-order valence-electron chi connectivity index (χ1n) is 21.8. The number of rotatable bonds is 8. The molecule has 4 saturated carbocycles. The lowest BCUT2D eigenvalue weighted by atomic mass is 9.83. The maximum absolute atomic E-state index is 15.1. The minimum atomic E-state index is -3.91. The third-order valence-electron chi connectivity index (χ3n) is 14.0. The van der Waals surface area contributed by atoms with Gasteiger partial charge in [0.2, 0.25) is 27.7 Å². The zero-order valence-electron chi connectivity index (χ0n) is 34.2. The van der Waals surface area contributed by atoms with Gasteiger partial charge in [0.25, 0.3) is 5.91 Å². The number of alkyl carbamates (subject to hydrolysis) is 1. The van der Waals surface area contributed by atoms with Gasteiger partial charge in [-0.15, -0.1) is 6.58 Å². The van der Waals surface area contributed by atoms with Crippen molar-refractivity contribution in [1.82, 2.24) is 25.2 Å². The topological polar surface area (TPSA) is 182 Å². The molecule has 5 fully saturated rings. The number of ether oxygens (including phenoxy) is 3. The van der Waals surface area contributed by atoms with E-state index in [2.05, 4.69) is 28.0 Å². The van der Waals surface area contributed by atoms with Gasteiger partial charge in [-0.25, -0.2) is 18.2 Å². The molecule has 3 N–H and O–H groups in total. The van der Waals surface area contributed by atoms with Gasteiger partial charge in [0.05, 0.1) is 24.4 Å². The van der Waals surface area contributed by atoms with E-state index in [9.17, 15) is 22.8 Å². The average Bonchev–Trinajstić information content (AvgIpc) is 4.14. The van der Waals surface area contributed by atoms with Crippen molar-refractivity contribution in [2.75, 3.05) is 13.7 Å². The van der Waals surface area contributed by atoms with Gasteiger partial charge < -0.3 is 29.7 Å². The van der Waals surface area contributed by atoms with Gasteiger partial charge in [0, 0.05) is 28.5 Å². The Hall–Kier alpha value is -4.92. The Balaban J connectivity index is 1.10. The van der Waals surface area contributed by atoms with Gasteiger partial charge in [-0.3, -0.25) is 19.1 Å². The van der Waals surface area contributed by atoms with Crippen LogP contribution in [-0.4, -0.2) is 90.9 Å². The Kier molecular flexibility index (Phi) is 10.9. The van der Waals surface area contributed by atoms with E-state index in [4.69, 9.17) is 19.2 Å². The van der Waals surface area contributed by atoms with Crippen LogP contribution in [0.2, 0.25) is 0 Å². The number of aryl methyl sites for hydroxylation is 1. The van der Waals surface area contributed by atoms with Crippen LogP contribution in [0, 0.1) is 17.8 Å². The van der Waals surface area contributed by atoms with Crippen LogP contribution in [0.4, 0.5) is 4.79 Å². The smallest absolute Gasteiger partial charge is 0.408 e. The maximum atomic E-state index is 15.1. The fourth-order valence-electron chi connectivity index (χ4n) is 10.4. The lowest BCUT2D eigenvalue weighted by Gasteiger charge is -2.35. The molecule has 320 valence electrons. The molecule has 2 aliphatic heterocycles. The van der Waals surface area contributed by atoms with Gasteiger partial charge in [-0.05, 0) is 106 Å². The van der Waals surface area contributed by atoms with Crippen LogP contribution in [0.25, 0.3) is 21.7 Å². The van der Waals surface area contributed by atoms with Gasteiger partial charge >= 0.3 is 6.09 Å². The van der Waals surface area contributed by atoms with E-state index in [0.717, 1.165) is 98.1 Å². The minimum Gasteiger partial charge on any atom is -0.496 e. The number of carbonyl (C=O) groups is 4. The van der Waals surface area contributed by atoms with Crippen molar-refractivity contribution in [3.63, 3.8) is 0 Å². The number of hydrogen-bond donors (Lipinski definition) is 3. The third-order valence-corrected chi connectivity index (χ3v) is 15.8. The molecule has 9 rings (SSSR count). The second-order valence-corrected chi connectivity index (χ2v) is 19.8. The molecule has 4 bridgehead atoms. The molecule has 0 radical (unpaired) electrons. The van der Waals surface area contributed by atoms with Crippen molar-refractivity contribution >= 4 is 55.5 Å². The van der Waals surface area contributed by atoms with Crippen LogP contribution in [0.1, 0.15) is 95.5 Å². The third kappa shape index (κ3) is 7.77. The Morgan fingerprint density at radius 2 is 1.72 bits per heavy atom. The summed E-state index contributed by atoms with van der Waals surface area (Å²) in [7, 11) is -2.24. The van der Waals surface area contributed by atoms with Gasteiger partial charge in [-0.1, -0.05) is 43.5 Å². The zero-order valence-corrected chi connectivity index (χ0v) is 35.0. The molecule has 4 amide bonds. The lowest BCUT2D eigenvalue weighted by molar-refractivity contribution is -0.142. The Morgan fingerprint density at radius 1 is 0.950 bits per heavy atom. The number of nitrogens with zero attached hydrogens (tertiary/aromatic N) is 2. The summed E-state index contributed by atoms with van der Waals surface area (Å²) in [6, 6.07) is 9.83. The van der Waals surface area contributed by atoms with Crippen LogP contribution in [0.5, 0.6) is 11.6 Å². The van der Waals surface area contributed by atoms with Crippen LogP contribution < -0.4 is 24.8 Å². The molecule has 3 aromatic rings. The van der Waals surface area contributed by atoms with Crippen LogP contribution in [-0.2, 0) is 35.6 Å². The Labute approximate surface area is 350 Å². The minimum absolute atomic E-state index is 0.000716. The molecule has 60 heavy (non-hydrogen) atoms. The summed E-state index contributed by atoms with van der Waals surface area (Å²) in [6.07, 6.45) is 10.4. The molecule has 3 heterocycles. The number of amides is 4. The van der Waals surface area contributed by atoms with Crippen molar-refractivity contribution < 1.29 is 41.8 Å². The predicted octanol–water partition coefficient (Wildman–Crippen LogP) is 5.59. The lowest BCUT2D eigenvalue weighted by Crippen LogP contribution is -2.59. The number of aromatic nitrogens is 1. The number of para-hydroxylation sites is 1. The molecule has 7 atom stereocenters. The van der Waals surface area contributed by atoms with Crippen molar-refractivity contribution in [3.05, 3.63) is 54.6 Å². The number of methoxy groups -OCH3 is 1. The number of benzene rings is 2. The van der Waals surface area contributed by atoms with Gasteiger partial charge in [-0.2, -0.15) is 0 Å². The number of sulfonamides is 1.